The predicted octanol–water partition coefficient (Wildman–Crippen LogP) is 1.72. The quantitative estimate of drug-likeness (QED) is 0.641. The molecule has 0 radical (unpaired) electrons. The lowest BCUT2D eigenvalue weighted by atomic mass is 10.5. The Bertz CT molecular complexity index is 284. The van der Waals surface area contributed by atoms with Gasteiger partial charge in [-0.1, -0.05) is 12.7 Å². The highest BCUT2D eigenvalue weighted by atomic mass is 15.3. The van der Waals surface area contributed by atoms with Crippen LogP contribution < -0.4 is 0 Å². The van der Waals surface area contributed by atoms with E-state index < -0.39 is 0 Å². The fourth-order valence-electron chi connectivity index (χ4n) is 0.858. The minimum absolute atomic E-state index is 0.778. The molecule has 1 heterocycles. The van der Waals surface area contributed by atoms with Gasteiger partial charge in [-0.3, -0.25) is 4.57 Å². The van der Waals surface area contributed by atoms with Gasteiger partial charge < -0.3 is 0 Å². The van der Waals surface area contributed by atoms with Gasteiger partial charge in [0.1, 0.15) is 5.82 Å². The van der Waals surface area contributed by atoms with Crippen LogP contribution in [0.3, 0.4) is 0 Å². The van der Waals surface area contributed by atoms with E-state index in [0.29, 0.717) is 0 Å². The summed E-state index contributed by atoms with van der Waals surface area (Å²) in [5.74, 6) is 1.65. The van der Waals surface area contributed by atoms with E-state index in [1.54, 1.807) is 6.08 Å². The van der Waals surface area contributed by atoms with Crippen LogP contribution in [-0.2, 0) is 0 Å². The fraction of sp³-hybridized carbons (Fsp3) is 0.250. The van der Waals surface area contributed by atoms with Gasteiger partial charge in [-0.2, -0.15) is 0 Å². The number of hydrogen-bond acceptors (Lipinski definition) is 2. The molecule has 0 saturated heterocycles. The molecule has 0 atom stereocenters. The molecule has 0 fully saturated rings. The first-order chi connectivity index (χ1) is 5.29. The first-order valence-electron chi connectivity index (χ1n) is 3.46. The van der Waals surface area contributed by atoms with Crippen LogP contribution in [0.2, 0.25) is 0 Å². The predicted molar refractivity (Wildman–Crippen MR) is 45.9 cm³/mol. The molecular weight excluding hydrogens is 138 g/mol. The van der Waals surface area contributed by atoms with Crippen molar-refractivity contribution in [2.45, 2.75) is 13.8 Å². The second-order valence-corrected chi connectivity index (χ2v) is 2.16. The Labute approximate surface area is 66.1 Å². The van der Waals surface area contributed by atoms with Crippen molar-refractivity contribution in [1.82, 2.24) is 14.8 Å². The van der Waals surface area contributed by atoms with E-state index in [0.717, 1.165) is 11.6 Å². The summed E-state index contributed by atoms with van der Waals surface area (Å²) >= 11 is 0. The van der Waals surface area contributed by atoms with Crippen molar-refractivity contribution >= 4 is 12.3 Å². The average Bonchev–Trinajstić information content (AvgIpc) is 2.34. The Kier molecular flexibility index (Phi) is 2.21. The standard InChI is InChI=1S/C8H11N3/c1-4-6-11-7(3)9-10-8(11)5-2/h4-6H,2H2,1,3H3/b6-4-. The van der Waals surface area contributed by atoms with Gasteiger partial charge in [0, 0.05) is 6.20 Å². The van der Waals surface area contributed by atoms with Crippen molar-refractivity contribution in [3.63, 3.8) is 0 Å². The van der Waals surface area contributed by atoms with Crippen LogP contribution in [0.25, 0.3) is 12.3 Å². The first kappa shape index (κ1) is 7.72. The third-order valence-electron chi connectivity index (χ3n) is 1.37. The lowest BCUT2D eigenvalue weighted by Gasteiger charge is -1.95. The molecule has 1 rings (SSSR count). The van der Waals surface area contributed by atoms with Crippen LogP contribution in [0, 0.1) is 6.92 Å². The summed E-state index contributed by atoms with van der Waals surface area (Å²) in [5.41, 5.74) is 0. The third-order valence-corrected chi connectivity index (χ3v) is 1.37. The van der Waals surface area contributed by atoms with Crippen molar-refractivity contribution in [2.24, 2.45) is 0 Å². The van der Waals surface area contributed by atoms with E-state index >= 15 is 0 Å². The molecule has 0 aliphatic carbocycles. The average molecular weight is 149 g/mol. The lowest BCUT2D eigenvalue weighted by Crippen LogP contribution is -1.91. The number of aryl methyl sites for hydroxylation is 1. The molecule has 0 aliphatic rings. The van der Waals surface area contributed by atoms with E-state index in [-0.39, 0.29) is 0 Å². The molecule has 1 aromatic heterocycles. The molecule has 0 aromatic carbocycles. The molecule has 0 amide bonds. The molecule has 11 heavy (non-hydrogen) atoms. The fourth-order valence-corrected chi connectivity index (χ4v) is 0.858. The molecule has 3 nitrogen and oxygen atoms in total. The van der Waals surface area contributed by atoms with Crippen LogP contribution >= 0.6 is 0 Å². The maximum atomic E-state index is 3.90. The molecule has 3 heteroatoms. The number of hydrogen-bond donors (Lipinski definition) is 0. The van der Waals surface area contributed by atoms with E-state index in [1.165, 1.54) is 0 Å². The van der Waals surface area contributed by atoms with E-state index in [1.807, 2.05) is 30.7 Å². The van der Waals surface area contributed by atoms with Crippen molar-refractivity contribution in [1.29, 1.82) is 0 Å². The monoisotopic (exact) mass is 149 g/mol. The van der Waals surface area contributed by atoms with Gasteiger partial charge in [-0.15, -0.1) is 10.2 Å². The molecule has 58 valence electrons. The van der Waals surface area contributed by atoms with Gasteiger partial charge in [-0.25, -0.2) is 0 Å². The highest BCUT2D eigenvalue weighted by Gasteiger charge is 1.99. The second-order valence-electron chi connectivity index (χ2n) is 2.16. The summed E-state index contributed by atoms with van der Waals surface area (Å²) in [4.78, 5) is 0. The molecule has 0 N–H and O–H groups in total. The van der Waals surface area contributed by atoms with Crippen LogP contribution in [0.5, 0.6) is 0 Å². The zero-order valence-electron chi connectivity index (χ0n) is 6.78. The van der Waals surface area contributed by atoms with Gasteiger partial charge in [-0.05, 0) is 19.9 Å². The topological polar surface area (TPSA) is 30.7 Å². The smallest absolute Gasteiger partial charge is 0.160 e. The van der Waals surface area contributed by atoms with Gasteiger partial charge in [0.05, 0.1) is 0 Å². The lowest BCUT2D eigenvalue weighted by molar-refractivity contribution is 1.01. The Morgan fingerprint density at radius 1 is 1.45 bits per heavy atom. The number of nitrogens with zero attached hydrogens (tertiary/aromatic N) is 3. The zero-order valence-corrected chi connectivity index (χ0v) is 6.78. The molecular formula is C8H11N3. The maximum absolute atomic E-state index is 3.90. The van der Waals surface area contributed by atoms with Crippen LogP contribution in [-0.4, -0.2) is 14.8 Å². The Hall–Kier alpha value is -1.38. The summed E-state index contributed by atoms with van der Waals surface area (Å²) in [6.07, 6.45) is 5.52. The molecule has 0 aliphatic heterocycles. The van der Waals surface area contributed by atoms with Gasteiger partial charge >= 0.3 is 0 Å². The van der Waals surface area contributed by atoms with Crippen LogP contribution in [0.1, 0.15) is 18.6 Å². The van der Waals surface area contributed by atoms with E-state index in [4.69, 9.17) is 0 Å². The molecule has 0 saturated carbocycles. The minimum Gasteiger partial charge on any atom is -0.287 e. The molecule has 0 unspecified atom stereocenters. The summed E-state index contributed by atoms with van der Waals surface area (Å²) in [6.45, 7) is 7.48. The van der Waals surface area contributed by atoms with Crippen molar-refractivity contribution in [3.05, 3.63) is 24.3 Å². The van der Waals surface area contributed by atoms with Gasteiger partial charge in [0.2, 0.25) is 0 Å². The first-order valence-corrected chi connectivity index (χ1v) is 3.46. The second kappa shape index (κ2) is 3.14. The summed E-state index contributed by atoms with van der Waals surface area (Å²) in [5, 5.41) is 7.79. The van der Waals surface area contributed by atoms with E-state index in [9.17, 15) is 0 Å². The summed E-state index contributed by atoms with van der Waals surface area (Å²) in [6, 6.07) is 0. The Morgan fingerprint density at radius 2 is 2.18 bits per heavy atom. The van der Waals surface area contributed by atoms with Crippen LogP contribution in [0.15, 0.2) is 12.7 Å². The normalized spacial score (nSPS) is 10.7. The molecule has 1 aromatic rings. The SMILES string of the molecule is C=Cc1nnc(C)n1/C=C\C. The Balaban J connectivity index is 3.17. The number of allylic oxidation sites excluding steroid dienone is 1. The zero-order chi connectivity index (χ0) is 8.27. The third kappa shape index (κ3) is 1.37. The molecule has 0 spiro atoms. The minimum atomic E-state index is 0.778. The van der Waals surface area contributed by atoms with Crippen molar-refractivity contribution in [2.75, 3.05) is 0 Å². The molecule has 0 bridgehead atoms. The number of aromatic nitrogens is 3. The summed E-state index contributed by atoms with van der Waals surface area (Å²) < 4.78 is 1.88. The van der Waals surface area contributed by atoms with Crippen LogP contribution in [0.4, 0.5) is 0 Å². The van der Waals surface area contributed by atoms with Crippen molar-refractivity contribution < 1.29 is 0 Å². The largest absolute Gasteiger partial charge is 0.287 e. The number of rotatable bonds is 2. The maximum Gasteiger partial charge on any atom is 0.160 e. The Morgan fingerprint density at radius 3 is 2.73 bits per heavy atom. The highest BCUT2D eigenvalue weighted by molar-refractivity contribution is 5.42. The van der Waals surface area contributed by atoms with E-state index in [2.05, 4.69) is 16.8 Å². The van der Waals surface area contributed by atoms with Gasteiger partial charge in [0.15, 0.2) is 5.82 Å². The summed E-state index contributed by atoms with van der Waals surface area (Å²) in [7, 11) is 0. The highest BCUT2D eigenvalue weighted by Crippen LogP contribution is 2.02. The van der Waals surface area contributed by atoms with Gasteiger partial charge in [0.25, 0.3) is 0 Å². The van der Waals surface area contributed by atoms with Crippen molar-refractivity contribution in [3.8, 4) is 0 Å².